The maximum Gasteiger partial charge on any atom is 0.417 e. The van der Waals surface area contributed by atoms with Gasteiger partial charge in [0.1, 0.15) is 5.82 Å². The highest BCUT2D eigenvalue weighted by Crippen LogP contribution is 2.29. The van der Waals surface area contributed by atoms with Gasteiger partial charge >= 0.3 is 6.18 Å². The number of Topliss-reactive ketones (excluding diaryl/α,β-unsaturated/α-hetero) is 1. The molecule has 0 saturated carbocycles. The fraction of sp³-hybridized carbons (Fsp3) is 0.350. The van der Waals surface area contributed by atoms with Crippen molar-refractivity contribution in [3.05, 3.63) is 53.7 Å². The van der Waals surface area contributed by atoms with E-state index >= 15 is 0 Å². The number of alkyl halides is 3. The zero-order valence-electron chi connectivity index (χ0n) is 15.9. The lowest BCUT2D eigenvalue weighted by Crippen LogP contribution is -2.48. The maximum atomic E-state index is 12.6. The number of aromatic nitrogens is 1. The zero-order chi connectivity index (χ0) is 21.0. The van der Waals surface area contributed by atoms with Crippen LogP contribution in [-0.2, 0) is 11.0 Å². The van der Waals surface area contributed by atoms with Crippen LogP contribution in [0.4, 0.5) is 24.7 Å². The molecule has 2 heterocycles. The van der Waals surface area contributed by atoms with Gasteiger partial charge < -0.3 is 10.2 Å². The van der Waals surface area contributed by atoms with Crippen molar-refractivity contribution >= 4 is 23.2 Å². The first-order chi connectivity index (χ1) is 13.7. The minimum absolute atomic E-state index is 0.0749. The number of hydrogen-bond donors (Lipinski definition) is 1. The first-order valence-corrected chi connectivity index (χ1v) is 9.14. The van der Waals surface area contributed by atoms with Gasteiger partial charge in [-0.25, -0.2) is 4.98 Å². The van der Waals surface area contributed by atoms with Crippen LogP contribution in [0.2, 0.25) is 0 Å². The molecule has 1 aliphatic rings. The van der Waals surface area contributed by atoms with Gasteiger partial charge in [-0.05, 0) is 31.2 Å². The van der Waals surface area contributed by atoms with Crippen LogP contribution in [0.15, 0.2) is 42.6 Å². The second-order valence-corrected chi connectivity index (χ2v) is 6.85. The Morgan fingerprint density at radius 3 is 2.41 bits per heavy atom. The summed E-state index contributed by atoms with van der Waals surface area (Å²) < 4.78 is 37.9. The molecule has 0 aliphatic carbocycles. The summed E-state index contributed by atoms with van der Waals surface area (Å²) in [6.07, 6.45) is -3.56. The van der Waals surface area contributed by atoms with Crippen LogP contribution in [0.3, 0.4) is 0 Å². The van der Waals surface area contributed by atoms with E-state index in [1.807, 2.05) is 9.80 Å². The molecule has 1 amide bonds. The number of ketones is 1. The molecule has 1 saturated heterocycles. The van der Waals surface area contributed by atoms with Gasteiger partial charge in [-0.3, -0.25) is 14.5 Å². The van der Waals surface area contributed by atoms with Crippen molar-refractivity contribution in [1.29, 1.82) is 0 Å². The highest BCUT2D eigenvalue weighted by atomic mass is 19.4. The van der Waals surface area contributed by atoms with Crippen LogP contribution < -0.4 is 10.2 Å². The van der Waals surface area contributed by atoms with E-state index in [9.17, 15) is 22.8 Å². The highest BCUT2D eigenvalue weighted by molar-refractivity contribution is 5.97. The first kappa shape index (κ1) is 20.8. The molecule has 2 aromatic rings. The fourth-order valence-corrected chi connectivity index (χ4v) is 3.10. The van der Waals surface area contributed by atoms with Crippen molar-refractivity contribution in [2.24, 2.45) is 0 Å². The topological polar surface area (TPSA) is 65.5 Å². The number of hydrogen-bond acceptors (Lipinski definition) is 5. The SMILES string of the molecule is CC(=O)c1cccc(NC(=O)CN2CCN(c3ccc(C(F)(F)F)cn3)CC2)c1. The van der Waals surface area contributed by atoms with Gasteiger partial charge in [-0.15, -0.1) is 0 Å². The molecule has 1 aromatic carbocycles. The summed E-state index contributed by atoms with van der Waals surface area (Å²) in [5, 5.41) is 2.78. The van der Waals surface area contributed by atoms with Gasteiger partial charge in [0.2, 0.25) is 5.91 Å². The molecule has 154 valence electrons. The number of nitrogens with zero attached hydrogens (tertiary/aromatic N) is 3. The van der Waals surface area contributed by atoms with Crippen molar-refractivity contribution < 1.29 is 22.8 Å². The van der Waals surface area contributed by atoms with Gasteiger partial charge in [-0.2, -0.15) is 13.2 Å². The van der Waals surface area contributed by atoms with E-state index in [1.165, 1.54) is 13.0 Å². The number of anilines is 2. The zero-order valence-corrected chi connectivity index (χ0v) is 15.9. The number of piperazine rings is 1. The smallest absolute Gasteiger partial charge is 0.354 e. The average Bonchev–Trinajstić information content (AvgIpc) is 2.68. The summed E-state index contributed by atoms with van der Waals surface area (Å²) in [5.41, 5.74) is 0.321. The number of nitrogens with one attached hydrogen (secondary N) is 1. The van der Waals surface area contributed by atoms with E-state index in [2.05, 4.69) is 10.3 Å². The third-order valence-electron chi connectivity index (χ3n) is 4.69. The van der Waals surface area contributed by atoms with E-state index in [4.69, 9.17) is 0 Å². The van der Waals surface area contributed by atoms with Crippen molar-refractivity contribution in [3.63, 3.8) is 0 Å². The minimum Gasteiger partial charge on any atom is -0.354 e. The second kappa shape index (κ2) is 8.60. The number of amides is 1. The lowest BCUT2D eigenvalue weighted by molar-refractivity contribution is -0.137. The first-order valence-electron chi connectivity index (χ1n) is 9.14. The Balaban J connectivity index is 1.50. The van der Waals surface area contributed by atoms with Crippen molar-refractivity contribution in [2.45, 2.75) is 13.1 Å². The lowest BCUT2D eigenvalue weighted by Gasteiger charge is -2.35. The van der Waals surface area contributed by atoms with E-state index < -0.39 is 11.7 Å². The van der Waals surface area contributed by atoms with Crippen LogP contribution in [0, 0.1) is 0 Å². The molecule has 3 rings (SSSR count). The molecule has 0 atom stereocenters. The number of carbonyl (C=O) groups is 2. The van der Waals surface area contributed by atoms with Crippen LogP contribution >= 0.6 is 0 Å². The number of rotatable bonds is 5. The predicted octanol–water partition coefficient (Wildman–Crippen LogP) is 3.06. The molecule has 29 heavy (non-hydrogen) atoms. The molecule has 0 unspecified atom stereocenters. The van der Waals surface area contributed by atoms with E-state index in [0.29, 0.717) is 43.2 Å². The monoisotopic (exact) mass is 406 g/mol. The summed E-state index contributed by atoms with van der Waals surface area (Å²) in [5.74, 6) is 0.226. The second-order valence-electron chi connectivity index (χ2n) is 6.85. The van der Waals surface area contributed by atoms with Crippen molar-refractivity contribution in [3.8, 4) is 0 Å². The normalized spacial score (nSPS) is 15.2. The molecule has 6 nitrogen and oxygen atoms in total. The molecule has 9 heteroatoms. The van der Waals surface area contributed by atoms with Crippen LogP contribution in [0.1, 0.15) is 22.8 Å². The molecular formula is C20H21F3N4O2. The lowest BCUT2D eigenvalue weighted by atomic mass is 10.1. The van der Waals surface area contributed by atoms with Gasteiger partial charge in [0.05, 0.1) is 12.1 Å². The van der Waals surface area contributed by atoms with Crippen LogP contribution in [-0.4, -0.2) is 54.3 Å². The Labute approximate surface area is 166 Å². The summed E-state index contributed by atoms with van der Waals surface area (Å²) >= 11 is 0. The summed E-state index contributed by atoms with van der Waals surface area (Å²) in [6.45, 7) is 3.95. The van der Waals surface area contributed by atoms with Gasteiger partial charge in [0.15, 0.2) is 5.78 Å². The number of carbonyl (C=O) groups excluding carboxylic acids is 2. The maximum absolute atomic E-state index is 12.6. The van der Waals surface area contributed by atoms with Crippen molar-refractivity contribution in [2.75, 3.05) is 42.9 Å². The molecule has 0 bridgehead atoms. The standard InChI is InChI=1S/C20H21F3N4O2/c1-14(28)15-3-2-4-17(11-15)25-19(29)13-26-7-9-27(10-8-26)18-6-5-16(12-24-18)20(21,22)23/h2-6,11-12H,7-10,13H2,1H3,(H,25,29). The number of halogens is 3. The van der Waals surface area contributed by atoms with E-state index in [-0.39, 0.29) is 18.2 Å². The molecule has 1 aliphatic heterocycles. The Morgan fingerprint density at radius 1 is 1.10 bits per heavy atom. The van der Waals surface area contributed by atoms with E-state index in [0.717, 1.165) is 12.3 Å². The third kappa shape index (κ3) is 5.54. The predicted molar refractivity (Wildman–Crippen MR) is 103 cm³/mol. The average molecular weight is 406 g/mol. The molecule has 1 fully saturated rings. The third-order valence-corrected chi connectivity index (χ3v) is 4.69. The van der Waals surface area contributed by atoms with Gasteiger partial charge in [0.25, 0.3) is 0 Å². The highest BCUT2D eigenvalue weighted by Gasteiger charge is 2.31. The molecule has 0 spiro atoms. The van der Waals surface area contributed by atoms with E-state index in [1.54, 1.807) is 24.3 Å². The van der Waals surface area contributed by atoms with Crippen LogP contribution in [0.25, 0.3) is 0 Å². The molecule has 0 radical (unpaired) electrons. The Kier molecular flexibility index (Phi) is 6.17. The number of benzene rings is 1. The van der Waals surface area contributed by atoms with Crippen LogP contribution in [0.5, 0.6) is 0 Å². The summed E-state index contributed by atoms with van der Waals surface area (Å²) in [6, 6.07) is 9.15. The Morgan fingerprint density at radius 2 is 1.83 bits per heavy atom. The van der Waals surface area contributed by atoms with Gasteiger partial charge in [0, 0.05) is 43.6 Å². The fourth-order valence-electron chi connectivity index (χ4n) is 3.10. The van der Waals surface area contributed by atoms with Gasteiger partial charge in [-0.1, -0.05) is 12.1 Å². The Hall–Kier alpha value is -2.94. The minimum atomic E-state index is -4.40. The molecule has 1 N–H and O–H groups in total. The quantitative estimate of drug-likeness (QED) is 0.774. The largest absolute Gasteiger partial charge is 0.417 e. The Bertz CT molecular complexity index is 876. The number of pyridine rings is 1. The van der Waals surface area contributed by atoms with Crippen molar-refractivity contribution in [1.82, 2.24) is 9.88 Å². The summed E-state index contributed by atoms with van der Waals surface area (Å²) in [7, 11) is 0. The molecular weight excluding hydrogens is 385 g/mol. The molecule has 1 aromatic heterocycles. The summed E-state index contributed by atoms with van der Waals surface area (Å²) in [4.78, 5) is 31.5.